The normalized spacial score (nSPS) is 23.9. The summed E-state index contributed by atoms with van der Waals surface area (Å²) < 4.78 is 0. The van der Waals surface area contributed by atoms with E-state index in [-0.39, 0.29) is 5.91 Å². The molecule has 2 rings (SSSR count). The number of nitrogens with one attached hydrogen (secondary N) is 2. The first-order valence-electron chi connectivity index (χ1n) is 6.89. The molecule has 2 N–H and O–H groups in total. The molecule has 1 aliphatic heterocycles. The van der Waals surface area contributed by atoms with Crippen LogP contribution in [0.15, 0.2) is 24.3 Å². The Morgan fingerprint density at radius 3 is 2.47 bits per heavy atom. The highest BCUT2D eigenvalue weighted by atomic mass is 16.1. The highest BCUT2D eigenvalue weighted by Gasteiger charge is 2.22. The van der Waals surface area contributed by atoms with Crippen molar-refractivity contribution in [3.8, 4) is 0 Å². The van der Waals surface area contributed by atoms with Gasteiger partial charge in [-0.1, -0.05) is 0 Å². The summed E-state index contributed by atoms with van der Waals surface area (Å²) in [6, 6.07) is 9.08. The van der Waals surface area contributed by atoms with Crippen LogP contribution in [0.2, 0.25) is 0 Å². The molecule has 1 amide bonds. The summed E-state index contributed by atoms with van der Waals surface area (Å²) >= 11 is 0. The summed E-state index contributed by atoms with van der Waals surface area (Å²) in [7, 11) is 2.18. The molecular formula is C15H23N3O. The van der Waals surface area contributed by atoms with Crippen LogP contribution >= 0.6 is 0 Å². The average molecular weight is 261 g/mol. The van der Waals surface area contributed by atoms with Crippen LogP contribution in [0.25, 0.3) is 0 Å². The van der Waals surface area contributed by atoms with Crippen molar-refractivity contribution in [2.45, 2.75) is 38.8 Å². The summed E-state index contributed by atoms with van der Waals surface area (Å²) in [4.78, 5) is 13.4. The van der Waals surface area contributed by atoms with Crippen LogP contribution in [0, 0.1) is 0 Å². The molecule has 4 heteroatoms. The van der Waals surface area contributed by atoms with Crippen LogP contribution in [0.4, 0.5) is 11.4 Å². The van der Waals surface area contributed by atoms with Crippen molar-refractivity contribution in [1.82, 2.24) is 4.90 Å². The maximum Gasteiger partial charge on any atom is 0.221 e. The Morgan fingerprint density at radius 2 is 1.89 bits per heavy atom. The van der Waals surface area contributed by atoms with Gasteiger partial charge in [0.1, 0.15) is 0 Å². The second-order valence-electron chi connectivity index (χ2n) is 5.45. The first-order valence-corrected chi connectivity index (χ1v) is 6.89. The fraction of sp³-hybridized carbons (Fsp3) is 0.533. The third-order valence-corrected chi connectivity index (χ3v) is 3.78. The molecule has 19 heavy (non-hydrogen) atoms. The first kappa shape index (κ1) is 13.9. The van der Waals surface area contributed by atoms with E-state index in [0.717, 1.165) is 17.9 Å². The van der Waals surface area contributed by atoms with Gasteiger partial charge in [0.2, 0.25) is 5.91 Å². The van der Waals surface area contributed by atoms with Gasteiger partial charge in [0.25, 0.3) is 0 Å². The van der Waals surface area contributed by atoms with Gasteiger partial charge in [-0.3, -0.25) is 4.79 Å². The van der Waals surface area contributed by atoms with E-state index >= 15 is 0 Å². The van der Waals surface area contributed by atoms with Crippen LogP contribution in [0.5, 0.6) is 0 Å². The largest absolute Gasteiger partial charge is 0.382 e. The molecule has 1 saturated heterocycles. The number of carbonyl (C=O) groups excluding carboxylic acids is 1. The minimum absolute atomic E-state index is 0.0372. The summed E-state index contributed by atoms with van der Waals surface area (Å²) in [5.74, 6) is -0.0372. The van der Waals surface area contributed by atoms with E-state index in [1.54, 1.807) is 0 Å². The lowest BCUT2D eigenvalue weighted by atomic mass is 9.98. The summed E-state index contributed by atoms with van der Waals surface area (Å²) in [6.45, 7) is 4.93. The predicted octanol–water partition coefficient (Wildman–Crippen LogP) is 2.54. The summed E-state index contributed by atoms with van der Waals surface area (Å²) in [6.07, 6.45) is 2.35. The van der Waals surface area contributed by atoms with Crippen molar-refractivity contribution >= 4 is 17.3 Å². The second kappa shape index (κ2) is 6.06. The minimum Gasteiger partial charge on any atom is -0.382 e. The molecule has 1 aliphatic rings. The minimum atomic E-state index is -0.0372. The number of likely N-dealkylation sites (tertiary alicyclic amines) is 1. The van der Waals surface area contributed by atoms with Gasteiger partial charge in [-0.2, -0.15) is 0 Å². The number of anilines is 2. The number of hydrogen-bond donors (Lipinski definition) is 2. The maximum atomic E-state index is 11.0. The number of benzene rings is 1. The number of nitrogens with zero attached hydrogens (tertiary/aromatic N) is 1. The standard InChI is InChI=1S/C15H23N3O/c1-11-10-15(8-9-18(11)3)17-14-6-4-13(5-7-14)16-12(2)19/h4-7,11,15,17H,8-10H2,1-3H3,(H,16,19). The molecule has 1 fully saturated rings. The average Bonchev–Trinajstić information content (AvgIpc) is 2.36. The predicted molar refractivity (Wildman–Crippen MR) is 79.5 cm³/mol. The Kier molecular flexibility index (Phi) is 4.43. The van der Waals surface area contributed by atoms with Crippen LogP contribution in [-0.4, -0.2) is 36.5 Å². The van der Waals surface area contributed by atoms with E-state index in [1.165, 1.54) is 19.8 Å². The lowest BCUT2D eigenvalue weighted by molar-refractivity contribution is -0.114. The van der Waals surface area contributed by atoms with Crippen molar-refractivity contribution < 1.29 is 4.79 Å². The van der Waals surface area contributed by atoms with Crippen molar-refractivity contribution in [2.24, 2.45) is 0 Å². The molecule has 0 saturated carbocycles. The Morgan fingerprint density at radius 1 is 1.26 bits per heavy atom. The highest BCUT2D eigenvalue weighted by molar-refractivity contribution is 5.88. The Labute approximate surface area is 115 Å². The van der Waals surface area contributed by atoms with Gasteiger partial charge in [-0.15, -0.1) is 0 Å². The molecule has 1 heterocycles. The zero-order chi connectivity index (χ0) is 13.8. The molecule has 4 nitrogen and oxygen atoms in total. The Balaban J connectivity index is 1.91. The molecule has 0 bridgehead atoms. The van der Waals surface area contributed by atoms with E-state index in [4.69, 9.17) is 0 Å². The zero-order valence-corrected chi connectivity index (χ0v) is 11.9. The van der Waals surface area contributed by atoms with E-state index in [9.17, 15) is 4.79 Å². The summed E-state index contributed by atoms with van der Waals surface area (Å²) in [5.41, 5.74) is 1.96. The molecule has 0 radical (unpaired) electrons. The third kappa shape index (κ3) is 3.96. The maximum absolute atomic E-state index is 11.0. The van der Waals surface area contributed by atoms with Crippen LogP contribution in [-0.2, 0) is 4.79 Å². The van der Waals surface area contributed by atoms with Crippen LogP contribution in [0.3, 0.4) is 0 Å². The van der Waals surface area contributed by atoms with Gasteiger partial charge in [0.15, 0.2) is 0 Å². The van der Waals surface area contributed by atoms with E-state index in [0.29, 0.717) is 12.1 Å². The van der Waals surface area contributed by atoms with E-state index in [1.807, 2.05) is 24.3 Å². The van der Waals surface area contributed by atoms with E-state index in [2.05, 4.69) is 29.5 Å². The van der Waals surface area contributed by atoms with Crippen molar-refractivity contribution in [3.05, 3.63) is 24.3 Å². The quantitative estimate of drug-likeness (QED) is 0.879. The zero-order valence-electron chi connectivity index (χ0n) is 11.9. The molecular weight excluding hydrogens is 238 g/mol. The van der Waals surface area contributed by atoms with Gasteiger partial charge in [-0.25, -0.2) is 0 Å². The molecule has 0 aromatic heterocycles. The smallest absolute Gasteiger partial charge is 0.221 e. The fourth-order valence-corrected chi connectivity index (χ4v) is 2.51. The molecule has 1 aromatic rings. The summed E-state index contributed by atoms with van der Waals surface area (Å²) in [5, 5.41) is 6.35. The lowest BCUT2D eigenvalue weighted by Gasteiger charge is -2.35. The topological polar surface area (TPSA) is 44.4 Å². The van der Waals surface area contributed by atoms with Gasteiger partial charge >= 0.3 is 0 Å². The molecule has 0 spiro atoms. The van der Waals surface area contributed by atoms with Crippen LogP contribution < -0.4 is 10.6 Å². The molecule has 0 aliphatic carbocycles. The van der Waals surface area contributed by atoms with Crippen molar-refractivity contribution in [2.75, 3.05) is 24.2 Å². The third-order valence-electron chi connectivity index (χ3n) is 3.78. The Hall–Kier alpha value is -1.55. The van der Waals surface area contributed by atoms with E-state index < -0.39 is 0 Å². The molecule has 2 unspecified atom stereocenters. The molecule has 2 atom stereocenters. The highest BCUT2D eigenvalue weighted by Crippen LogP contribution is 2.21. The van der Waals surface area contributed by atoms with Crippen molar-refractivity contribution in [3.63, 3.8) is 0 Å². The van der Waals surface area contributed by atoms with Gasteiger partial charge < -0.3 is 15.5 Å². The number of hydrogen-bond acceptors (Lipinski definition) is 3. The fourth-order valence-electron chi connectivity index (χ4n) is 2.51. The van der Waals surface area contributed by atoms with Crippen LogP contribution in [0.1, 0.15) is 26.7 Å². The molecule has 104 valence electrons. The number of rotatable bonds is 3. The monoisotopic (exact) mass is 261 g/mol. The van der Waals surface area contributed by atoms with Gasteiger partial charge in [-0.05, 0) is 51.1 Å². The number of carbonyl (C=O) groups is 1. The van der Waals surface area contributed by atoms with Crippen molar-refractivity contribution in [1.29, 1.82) is 0 Å². The second-order valence-corrected chi connectivity index (χ2v) is 5.45. The lowest BCUT2D eigenvalue weighted by Crippen LogP contribution is -2.42. The number of amides is 1. The van der Waals surface area contributed by atoms with Gasteiger partial charge in [0.05, 0.1) is 0 Å². The number of piperidine rings is 1. The first-order chi connectivity index (χ1) is 9.04. The Bertz CT molecular complexity index is 430. The molecule has 1 aromatic carbocycles. The van der Waals surface area contributed by atoms with Gasteiger partial charge in [0, 0.05) is 36.9 Å². The SMILES string of the molecule is CC(=O)Nc1ccc(NC2CCN(C)C(C)C2)cc1.